The normalized spacial score (nSPS) is 30.7. The maximum absolute atomic E-state index is 11.5. The lowest BCUT2D eigenvalue weighted by atomic mass is 9.83. The van der Waals surface area contributed by atoms with Gasteiger partial charge in [0, 0.05) is 6.04 Å². The van der Waals surface area contributed by atoms with Gasteiger partial charge < -0.3 is 4.74 Å². The minimum Gasteiger partial charge on any atom is -0.469 e. The van der Waals surface area contributed by atoms with E-state index in [4.69, 9.17) is 4.74 Å². The second kappa shape index (κ2) is 6.19. The number of ether oxygens (including phenoxy) is 1. The SMILES string of the molecule is COC(=O)C1CCN(C2CCCCC2C#N)CC1. The van der Waals surface area contributed by atoms with Gasteiger partial charge in [-0.25, -0.2) is 0 Å². The molecule has 0 aromatic carbocycles. The third-order valence-corrected chi connectivity index (χ3v) is 4.43. The second-order valence-electron chi connectivity index (χ2n) is 5.42. The fourth-order valence-corrected chi connectivity index (χ4v) is 3.33. The van der Waals surface area contributed by atoms with Gasteiger partial charge in [-0.15, -0.1) is 0 Å². The Morgan fingerprint density at radius 3 is 2.50 bits per heavy atom. The monoisotopic (exact) mass is 250 g/mol. The Morgan fingerprint density at radius 2 is 1.89 bits per heavy atom. The summed E-state index contributed by atoms with van der Waals surface area (Å²) < 4.78 is 4.80. The Kier molecular flexibility index (Phi) is 4.60. The third-order valence-electron chi connectivity index (χ3n) is 4.43. The summed E-state index contributed by atoms with van der Waals surface area (Å²) >= 11 is 0. The number of piperidine rings is 1. The molecule has 0 radical (unpaired) electrons. The highest BCUT2D eigenvalue weighted by molar-refractivity contribution is 5.72. The van der Waals surface area contributed by atoms with Crippen LogP contribution in [0.5, 0.6) is 0 Å². The highest BCUT2D eigenvalue weighted by Crippen LogP contribution is 2.31. The van der Waals surface area contributed by atoms with E-state index in [2.05, 4.69) is 11.0 Å². The Balaban J connectivity index is 1.89. The molecular weight excluding hydrogens is 228 g/mol. The summed E-state index contributed by atoms with van der Waals surface area (Å²) in [6.07, 6.45) is 6.36. The van der Waals surface area contributed by atoms with Gasteiger partial charge in [0.05, 0.1) is 25.0 Å². The first-order valence-corrected chi connectivity index (χ1v) is 6.97. The molecule has 1 heterocycles. The average Bonchev–Trinajstić information content (AvgIpc) is 2.46. The summed E-state index contributed by atoms with van der Waals surface area (Å²) in [5.41, 5.74) is 0. The molecule has 1 saturated carbocycles. The number of esters is 1. The van der Waals surface area contributed by atoms with Crippen LogP contribution in [0.4, 0.5) is 0 Å². The van der Waals surface area contributed by atoms with Crippen LogP contribution in [0.3, 0.4) is 0 Å². The van der Waals surface area contributed by atoms with Crippen molar-refractivity contribution in [1.29, 1.82) is 5.26 Å². The molecule has 0 aromatic heterocycles. The van der Waals surface area contributed by atoms with Crippen molar-refractivity contribution in [3.05, 3.63) is 0 Å². The van der Waals surface area contributed by atoms with Crippen molar-refractivity contribution >= 4 is 5.97 Å². The maximum atomic E-state index is 11.5. The van der Waals surface area contributed by atoms with Gasteiger partial charge in [-0.1, -0.05) is 12.8 Å². The molecule has 4 nitrogen and oxygen atoms in total. The molecule has 0 bridgehead atoms. The molecule has 18 heavy (non-hydrogen) atoms. The van der Waals surface area contributed by atoms with Crippen LogP contribution in [0.15, 0.2) is 0 Å². The Bertz CT molecular complexity index is 329. The largest absolute Gasteiger partial charge is 0.469 e. The smallest absolute Gasteiger partial charge is 0.308 e. The lowest BCUT2D eigenvalue weighted by Gasteiger charge is -2.40. The van der Waals surface area contributed by atoms with Gasteiger partial charge in [0.2, 0.25) is 0 Å². The number of rotatable bonds is 2. The van der Waals surface area contributed by atoms with Gasteiger partial charge in [0.1, 0.15) is 0 Å². The first-order valence-electron chi connectivity index (χ1n) is 6.97. The molecule has 2 fully saturated rings. The van der Waals surface area contributed by atoms with Crippen LogP contribution in [-0.2, 0) is 9.53 Å². The summed E-state index contributed by atoms with van der Waals surface area (Å²) in [5, 5.41) is 9.22. The number of methoxy groups -OCH3 is 1. The Labute approximate surface area is 109 Å². The summed E-state index contributed by atoms with van der Waals surface area (Å²) in [6, 6.07) is 2.88. The van der Waals surface area contributed by atoms with E-state index in [1.165, 1.54) is 20.0 Å². The fourth-order valence-electron chi connectivity index (χ4n) is 3.33. The van der Waals surface area contributed by atoms with Crippen molar-refractivity contribution in [3.63, 3.8) is 0 Å². The van der Waals surface area contributed by atoms with Gasteiger partial charge in [0.15, 0.2) is 0 Å². The Hall–Kier alpha value is -1.08. The molecule has 100 valence electrons. The van der Waals surface area contributed by atoms with E-state index in [1.54, 1.807) is 0 Å². The van der Waals surface area contributed by atoms with Crippen LogP contribution in [0, 0.1) is 23.2 Å². The van der Waals surface area contributed by atoms with Crippen molar-refractivity contribution in [3.8, 4) is 6.07 Å². The molecule has 1 aliphatic heterocycles. The topological polar surface area (TPSA) is 53.3 Å². The second-order valence-corrected chi connectivity index (χ2v) is 5.42. The van der Waals surface area contributed by atoms with Gasteiger partial charge in [-0.2, -0.15) is 5.26 Å². The molecule has 2 atom stereocenters. The number of hydrogen-bond donors (Lipinski definition) is 0. The summed E-state index contributed by atoms with van der Waals surface area (Å²) in [6.45, 7) is 1.87. The van der Waals surface area contributed by atoms with Crippen LogP contribution < -0.4 is 0 Å². The van der Waals surface area contributed by atoms with Gasteiger partial charge in [0.25, 0.3) is 0 Å². The molecule has 0 spiro atoms. The lowest BCUT2D eigenvalue weighted by Crippen LogP contribution is -2.47. The summed E-state index contributed by atoms with van der Waals surface area (Å²) in [7, 11) is 1.46. The van der Waals surface area contributed by atoms with E-state index >= 15 is 0 Å². The van der Waals surface area contributed by atoms with Gasteiger partial charge >= 0.3 is 5.97 Å². The number of likely N-dealkylation sites (tertiary alicyclic amines) is 1. The molecule has 2 unspecified atom stereocenters. The zero-order chi connectivity index (χ0) is 13.0. The number of carbonyl (C=O) groups excluding carboxylic acids is 1. The predicted octanol–water partition coefficient (Wildman–Crippen LogP) is 1.95. The average molecular weight is 250 g/mol. The van der Waals surface area contributed by atoms with E-state index < -0.39 is 0 Å². The van der Waals surface area contributed by atoms with Gasteiger partial charge in [-0.05, 0) is 38.8 Å². The fraction of sp³-hybridized carbons (Fsp3) is 0.857. The molecular formula is C14H22N2O2. The van der Waals surface area contributed by atoms with Crippen LogP contribution in [0.25, 0.3) is 0 Å². The third kappa shape index (κ3) is 2.84. The van der Waals surface area contributed by atoms with E-state index in [-0.39, 0.29) is 17.8 Å². The van der Waals surface area contributed by atoms with Crippen molar-refractivity contribution in [2.45, 2.75) is 44.6 Å². The van der Waals surface area contributed by atoms with E-state index in [9.17, 15) is 10.1 Å². The molecule has 4 heteroatoms. The summed E-state index contributed by atoms with van der Waals surface area (Å²) in [4.78, 5) is 13.9. The van der Waals surface area contributed by atoms with E-state index in [0.29, 0.717) is 6.04 Å². The van der Waals surface area contributed by atoms with E-state index in [0.717, 1.165) is 38.8 Å². The maximum Gasteiger partial charge on any atom is 0.308 e. The van der Waals surface area contributed by atoms with Crippen LogP contribution in [0.2, 0.25) is 0 Å². The van der Waals surface area contributed by atoms with Crippen molar-refractivity contribution in [1.82, 2.24) is 4.90 Å². The predicted molar refractivity (Wildman–Crippen MR) is 67.7 cm³/mol. The molecule has 2 aliphatic rings. The number of carbonyl (C=O) groups is 1. The van der Waals surface area contributed by atoms with Crippen molar-refractivity contribution < 1.29 is 9.53 Å². The first-order chi connectivity index (χ1) is 8.76. The zero-order valence-corrected chi connectivity index (χ0v) is 11.1. The van der Waals surface area contributed by atoms with Crippen LogP contribution in [0.1, 0.15) is 38.5 Å². The van der Waals surface area contributed by atoms with Crippen molar-refractivity contribution in [2.24, 2.45) is 11.8 Å². The van der Waals surface area contributed by atoms with Crippen LogP contribution >= 0.6 is 0 Å². The minimum atomic E-state index is -0.0740. The van der Waals surface area contributed by atoms with Gasteiger partial charge in [-0.3, -0.25) is 9.69 Å². The number of hydrogen-bond acceptors (Lipinski definition) is 4. The zero-order valence-electron chi connectivity index (χ0n) is 11.1. The standard InChI is InChI=1S/C14H22N2O2/c1-18-14(17)11-6-8-16(9-7-11)13-5-3-2-4-12(13)10-15/h11-13H,2-9H2,1H3. The van der Waals surface area contributed by atoms with Crippen molar-refractivity contribution in [2.75, 3.05) is 20.2 Å². The Morgan fingerprint density at radius 1 is 1.22 bits per heavy atom. The van der Waals surface area contributed by atoms with Crippen LogP contribution in [-0.4, -0.2) is 37.1 Å². The first kappa shape index (κ1) is 13.4. The molecule has 2 rings (SSSR count). The molecule has 1 saturated heterocycles. The summed E-state index contributed by atoms with van der Waals surface area (Å²) in [5.74, 6) is 0.180. The van der Waals surface area contributed by atoms with E-state index in [1.807, 2.05) is 0 Å². The molecule has 0 aromatic rings. The number of nitriles is 1. The lowest BCUT2D eigenvalue weighted by molar-refractivity contribution is -0.147. The number of nitrogens with zero attached hydrogens (tertiary/aromatic N) is 2. The molecule has 0 amide bonds. The molecule has 1 aliphatic carbocycles. The molecule has 0 N–H and O–H groups in total. The minimum absolute atomic E-state index is 0.0652. The highest BCUT2D eigenvalue weighted by atomic mass is 16.5. The quantitative estimate of drug-likeness (QED) is 0.703. The highest BCUT2D eigenvalue weighted by Gasteiger charge is 2.34.